The van der Waals surface area contributed by atoms with Crippen LogP contribution in [0.2, 0.25) is 5.02 Å². The Kier molecular flexibility index (Phi) is 5.95. The van der Waals surface area contributed by atoms with Crippen LogP contribution in [0, 0.1) is 6.92 Å². The predicted molar refractivity (Wildman–Crippen MR) is 116 cm³/mol. The van der Waals surface area contributed by atoms with E-state index in [-0.39, 0.29) is 23.1 Å². The van der Waals surface area contributed by atoms with Gasteiger partial charge in [-0.3, -0.25) is 14.6 Å². The molecule has 1 atom stereocenters. The summed E-state index contributed by atoms with van der Waals surface area (Å²) in [7, 11) is 0. The molecule has 0 bridgehead atoms. The fraction of sp³-hybridized carbons (Fsp3) is 0.304. The highest BCUT2D eigenvalue weighted by Crippen LogP contribution is 2.28. The van der Waals surface area contributed by atoms with Crippen LogP contribution in [0.5, 0.6) is 0 Å². The van der Waals surface area contributed by atoms with Crippen LogP contribution in [0.1, 0.15) is 51.8 Å². The Hall–Kier alpha value is -2.99. The second-order valence-corrected chi connectivity index (χ2v) is 8.11. The summed E-state index contributed by atoms with van der Waals surface area (Å²) in [4.78, 5) is 30.6. The van der Waals surface area contributed by atoms with E-state index in [0.29, 0.717) is 13.1 Å². The minimum Gasteiger partial charge on any atom is -0.337 e. The van der Waals surface area contributed by atoms with Crippen LogP contribution in [0.25, 0.3) is 0 Å². The number of carbonyl (C=O) groups is 1. The summed E-state index contributed by atoms with van der Waals surface area (Å²) in [5, 5.41) is 6.97. The zero-order valence-electron chi connectivity index (χ0n) is 16.8. The van der Waals surface area contributed by atoms with Crippen LogP contribution in [-0.2, 0) is 6.42 Å². The van der Waals surface area contributed by atoms with Crippen molar-refractivity contribution in [3.8, 4) is 0 Å². The van der Waals surface area contributed by atoms with Gasteiger partial charge in [-0.15, -0.1) is 0 Å². The molecule has 2 aromatic heterocycles. The second kappa shape index (κ2) is 8.79. The Morgan fingerprint density at radius 2 is 2.07 bits per heavy atom. The monoisotopic (exact) mass is 422 g/mol. The van der Waals surface area contributed by atoms with E-state index in [9.17, 15) is 9.59 Å². The third kappa shape index (κ3) is 4.60. The van der Waals surface area contributed by atoms with E-state index < -0.39 is 0 Å². The molecule has 4 rings (SSSR count). The lowest BCUT2D eigenvalue weighted by atomic mass is 9.92. The van der Waals surface area contributed by atoms with Crippen molar-refractivity contribution in [3.05, 3.63) is 92.1 Å². The zero-order valence-corrected chi connectivity index (χ0v) is 17.5. The summed E-state index contributed by atoms with van der Waals surface area (Å²) < 4.78 is 0. The van der Waals surface area contributed by atoms with Gasteiger partial charge in [0.1, 0.15) is 5.69 Å². The molecule has 0 radical (unpaired) electrons. The molecule has 0 spiro atoms. The largest absolute Gasteiger partial charge is 0.337 e. The maximum Gasteiger partial charge on any atom is 0.274 e. The first-order valence-electron chi connectivity index (χ1n) is 10.1. The van der Waals surface area contributed by atoms with E-state index in [1.54, 1.807) is 4.90 Å². The summed E-state index contributed by atoms with van der Waals surface area (Å²) >= 11 is 6.34. The van der Waals surface area contributed by atoms with Gasteiger partial charge in [-0.25, -0.2) is 5.10 Å². The van der Waals surface area contributed by atoms with Crippen molar-refractivity contribution < 1.29 is 4.79 Å². The molecular weight excluding hydrogens is 400 g/mol. The van der Waals surface area contributed by atoms with Gasteiger partial charge >= 0.3 is 0 Å². The summed E-state index contributed by atoms with van der Waals surface area (Å²) in [6, 6.07) is 14.9. The molecule has 0 saturated carbocycles. The molecule has 6 nitrogen and oxygen atoms in total. The number of nitrogens with zero attached hydrogens (tertiary/aromatic N) is 3. The molecule has 7 heteroatoms. The molecule has 1 amide bonds. The first kappa shape index (κ1) is 20.3. The third-order valence-electron chi connectivity index (χ3n) is 5.41. The maximum absolute atomic E-state index is 12.8. The Labute approximate surface area is 179 Å². The number of carbonyl (C=O) groups excluding carboxylic acids is 1. The Morgan fingerprint density at radius 3 is 2.83 bits per heavy atom. The van der Waals surface area contributed by atoms with Crippen LogP contribution in [0.4, 0.5) is 0 Å². The zero-order chi connectivity index (χ0) is 21.1. The standard InChI is InChI=1S/C23H23ClN4O2/c1-15-11-16(12-17-5-2-3-7-19(17)24)13-21(25-15)18-6-4-10-28(14-18)23(30)20-8-9-22(29)27-26-20/h2-3,5,7-9,11,13,18H,4,6,10,12,14H2,1H3,(H,27,29). The van der Waals surface area contributed by atoms with Crippen molar-refractivity contribution in [1.82, 2.24) is 20.1 Å². The SMILES string of the molecule is Cc1cc(Cc2ccccc2Cl)cc(C2CCCN(C(=O)c3ccc(=O)[nH]n3)C2)n1. The number of benzene rings is 1. The van der Waals surface area contributed by atoms with Gasteiger partial charge in [-0.05, 0) is 61.6 Å². The van der Waals surface area contributed by atoms with Gasteiger partial charge in [0.2, 0.25) is 0 Å². The Bertz CT molecular complexity index is 1110. The van der Waals surface area contributed by atoms with Crippen molar-refractivity contribution in [1.29, 1.82) is 0 Å². The molecule has 1 aliphatic heterocycles. The molecule has 1 N–H and O–H groups in total. The fourth-order valence-electron chi connectivity index (χ4n) is 3.97. The van der Waals surface area contributed by atoms with Crippen molar-refractivity contribution >= 4 is 17.5 Å². The number of rotatable bonds is 4. The number of amides is 1. The second-order valence-electron chi connectivity index (χ2n) is 7.71. The van der Waals surface area contributed by atoms with Crippen LogP contribution >= 0.6 is 11.6 Å². The first-order chi connectivity index (χ1) is 14.5. The Balaban J connectivity index is 1.54. The molecule has 3 aromatic rings. The number of pyridine rings is 1. The van der Waals surface area contributed by atoms with Gasteiger partial charge in [-0.2, -0.15) is 5.10 Å². The molecule has 3 heterocycles. The van der Waals surface area contributed by atoms with E-state index in [2.05, 4.69) is 22.3 Å². The summed E-state index contributed by atoms with van der Waals surface area (Å²) in [6.07, 6.45) is 2.62. The van der Waals surface area contributed by atoms with Crippen molar-refractivity contribution in [2.45, 2.75) is 32.1 Å². The van der Waals surface area contributed by atoms with Crippen LogP contribution in [-0.4, -0.2) is 39.1 Å². The Morgan fingerprint density at radius 1 is 1.23 bits per heavy atom. The number of hydrogen-bond acceptors (Lipinski definition) is 4. The van der Waals surface area contributed by atoms with Gasteiger partial charge in [-0.1, -0.05) is 29.8 Å². The molecular formula is C23H23ClN4O2. The number of aromatic nitrogens is 3. The molecule has 1 aliphatic rings. The fourth-order valence-corrected chi connectivity index (χ4v) is 4.17. The number of likely N-dealkylation sites (tertiary alicyclic amines) is 1. The molecule has 30 heavy (non-hydrogen) atoms. The van der Waals surface area contributed by atoms with E-state index >= 15 is 0 Å². The summed E-state index contributed by atoms with van der Waals surface area (Å²) in [6.45, 7) is 3.26. The molecule has 0 aliphatic carbocycles. The molecule has 1 aromatic carbocycles. The van der Waals surface area contributed by atoms with Crippen LogP contribution < -0.4 is 5.56 Å². The van der Waals surface area contributed by atoms with Gasteiger partial charge in [0.05, 0.1) is 0 Å². The molecule has 1 unspecified atom stereocenters. The minimum absolute atomic E-state index is 0.162. The lowest BCUT2D eigenvalue weighted by Gasteiger charge is -2.32. The molecule has 1 fully saturated rings. The first-order valence-corrected chi connectivity index (χ1v) is 10.4. The average Bonchev–Trinajstić information content (AvgIpc) is 2.75. The van der Waals surface area contributed by atoms with E-state index in [1.807, 2.05) is 31.2 Å². The van der Waals surface area contributed by atoms with E-state index in [4.69, 9.17) is 16.6 Å². The third-order valence-corrected chi connectivity index (χ3v) is 5.78. The number of halogens is 1. The number of aryl methyl sites for hydroxylation is 1. The lowest BCUT2D eigenvalue weighted by Crippen LogP contribution is -2.40. The lowest BCUT2D eigenvalue weighted by molar-refractivity contribution is 0.0698. The van der Waals surface area contributed by atoms with Gasteiger partial charge in [0.15, 0.2) is 0 Å². The van der Waals surface area contributed by atoms with Crippen LogP contribution in [0.3, 0.4) is 0 Å². The predicted octanol–water partition coefficient (Wildman–Crippen LogP) is 3.74. The highest BCUT2D eigenvalue weighted by atomic mass is 35.5. The number of aromatic amines is 1. The number of piperidine rings is 1. The normalized spacial score (nSPS) is 16.5. The minimum atomic E-state index is -0.321. The van der Waals surface area contributed by atoms with E-state index in [0.717, 1.165) is 46.8 Å². The molecule has 154 valence electrons. The molecule has 1 saturated heterocycles. The summed E-state index contributed by atoms with van der Waals surface area (Å²) in [5.41, 5.74) is 4.14. The maximum atomic E-state index is 12.8. The number of hydrogen-bond donors (Lipinski definition) is 1. The highest BCUT2D eigenvalue weighted by Gasteiger charge is 2.27. The highest BCUT2D eigenvalue weighted by molar-refractivity contribution is 6.31. The number of nitrogens with one attached hydrogen (secondary N) is 1. The number of H-pyrrole nitrogens is 1. The van der Waals surface area contributed by atoms with Gasteiger partial charge in [0.25, 0.3) is 11.5 Å². The van der Waals surface area contributed by atoms with Crippen molar-refractivity contribution in [2.75, 3.05) is 13.1 Å². The summed E-state index contributed by atoms with van der Waals surface area (Å²) in [5.74, 6) is -0.00440. The van der Waals surface area contributed by atoms with Gasteiger partial charge < -0.3 is 4.90 Å². The van der Waals surface area contributed by atoms with Crippen LogP contribution in [0.15, 0.2) is 53.3 Å². The van der Waals surface area contributed by atoms with E-state index in [1.165, 1.54) is 12.1 Å². The topological polar surface area (TPSA) is 79.0 Å². The van der Waals surface area contributed by atoms with Gasteiger partial charge in [0, 0.05) is 41.5 Å². The smallest absolute Gasteiger partial charge is 0.274 e. The van der Waals surface area contributed by atoms with Crippen molar-refractivity contribution in [3.63, 3.8) is 0 Å². The van der Waals surface area contributed by atoms with Crippen molar-refractivity contribution in [2.24, 2.45) is 0 Å². The quantitative estimate of drug-likeness (QED) is 0.694. The average molecular weight is 423 g/mol.